The smallest absolute Gasteiger partial charge is 0.109 e. The second kappa shape index (κ2) is 8.95. The van der Waals surface area contributed by atoms with Gasteiger partial charge < -0.3 is 0 Å². The number of hydrogen-bond acceptors (Lipinski definition) is 0. The van der Waals surface area contributed by atoms with Gasteiger partial charge in [0.1, 0.15) is 4.33 Å². The summed E-state index contributed by atoms with van der Waals surface area (Å²) >= 11 is 21.5. The van der Waals surface area contributed by atoms with E-state index < -0.39 is 0 Å². The number of allylic oxidation sites excluding steroid dienone is 2. The van der Waals surface area contributed by atoms with Crippen LogP contribution in [0, 0.1) is 11.8 Å². The van der Waals surface area contributed by atoms with E-state index in [0.29, 0.717) is 11.8 Å². The van der Waals surface area contributed by atoms with Crippen LogP contribution in [0.2, 0.25) is 0 Å². The van der Waals surface area contributed by atoms with Crippen molar-refractivity contribution in [3.63, 3.8) is 0 Å². The molecule has 0 radical (unpaired) electrons. The van der Waals surface area contributed by atoms with E-state index in [4.69, 9.17) is 46.4 Å². The van der Waals surface area contributed by atoms with E-state index in [1.54, 1.807) is 0 Å². The average Bonchev–Trinajstić information content (AvgIpc) is 2.97. The summed E-state index contributed by atoms with van der Waals surface area (Å²) < 4.78 is -0.309. The zero-order chi connectivity index (χ0) is 13.4. The number of alkyl halides is 4. The second-order valence-corrected chi connectivity index (χ2v) is 7.28. The standard InChI is InChI=1S/C7H10Cl2.C6H10.CH2Cl2/c8-7(9)5-3-1-2-4-6(5)7;1-2-4-6-5-3-1;2-1-3/h5-6H,1-4H2;1-2H,3-6H2;1H2. The molecule has 3 rings (SSSR count). The highest BCUT2D eigenvalue weighted by Gasteiger charge is 2.62. The molecule has 2 atom stereocenters. The number of rotatable bonds is 0. The molecule has 0 nitrogen and oxygen atoms in total. The van der Waals surface area contributed by atoms with Crippen molar-refractivity contribution in [2.45, 2.75) is 55.7 Å². The zero-order valence-electron chi connectivity index (χ0n) is 10.7. The van der Waals surface area contributed by atoms with E-state index in [1.807, 2.05) is 0 Å². The fraction of sp³-hybridized carbons (Fsp3) is 0.857. The molecule has 4 heteroatoms. The molecule has 3 aliphatic carbocycles. The molecule has 0 aromatic heterocycles. The molecule has 0 aliphatic heterocycles. The molecule has 0 heterocycles. The van der Waals surface area contributed by atoms with Crippen molar-refractivity contribution in [2.24, 2.45) is 11.8 Å². The second-order valence-electron chi connectivity index (χ2n) is 5.03. The van der Waals surface area contributed by atoms with Gasteiger partial charge in [0.25, 0.3) is 0 Å². The summed E-state index contributed by atoms with van der Waals surface area (Å²) in [4.78, 5) is 0. The van der Waals surface area contributed by atoms with Crippen molar-refractivity contribution in [3.05, 3.63) is 12.2 Å². The predicted octanol–water partition coefficient (Wildman–Crippen LogP) is 6.52. The van der Waals surface area contributed by atoms with Gasteiger partial charge in [0.2, 0.25) is 0 Å². The molecule has 2 saturated carbocycles. The average molecular weight is 332 g/mol. The Kier molecular flexibility index (Phi) is 8.43. The lowest BCUT2D eigenvalue weighted by Crippen LogP contribution is -1.91. The molecule has 18 heavy (non-hydrogen) atoms. The molecule has 2 fully saturated rings. The van der Waals surface area contributed by atoms with Gasteiger partial charge in [0.05, 0.1) is 5.34 Å². The van der Waals surface area contributed by atoms with Gasteiger partial charge in [0.15, 0.2) is 0 Å². The summed E-state index contributed by atoms with van der Waals surface area (Å²) in [7, 11) is 0. The number of fused-ring (bicyclic) bond motifs is 1. The molecule has 0 bridgehead atoms. The van der Waals surface area contributed by atoms with Crippen molar-refractivity contribution >= 4 is 46.4 Å². The molecule has 0 spiro atoms. The van der Waals surface area contributed by atoms with E-state index in [1.165, 1.54) is 51.4 Å². The van der Waals surface area contributed by atoms with Gasteiger partial charge >= 0.3 is 0 Å². The summed E-state index contributed by atoms with van der Waals surface area (Å²) in [5.41, 5.74) is 0. The van der Waals surface area contributed by atoms with Gasteiger partial charge in [-0.05, 0) is 50.4 Å². The summed E-state index contributed by atoms with van der Waals surface area (Å²) in [6.07, 6.45) is 15.2. The van der Waals surface area contributed by atoms with Crippen LogP contribution in [-0.4, -0.2) is 9.67 Å². The summed E-state index contributed by atoms with van der Waals surface area (Å²) in [5, 5.41) is 0.194. The highest BCUT2D eigenvalue weighted by Crippen LogP contribution is 2.65. The third-order valence-corrected chi connectivity index (χ3v) is 4.92. The van der Waals surface area contributed by atoms with Gasteiger partial charge in [-0.3, -0.25) is 0 Å². The van der Waals surface area contributed by atoms with Crippen LogP contribution in [0.1, 0.15) is 51.4 Å². The highest BCUT2D eigenvalue weighted by atomic mass is 35.5. The van der Waals surface area contributed by atoms with Crippen molar-refractivity contribution < 1.29 is 0 Å². The molecule has 3 aliphatic rings. The topological polar surface area (TPSA) is 0 Å². The zero-order valence-corrected chi connectivity index (χ0v) is 13.7. The molecular weight excluding hydrogens is 310 g/mol. The van der Waals surface area contributed by atoms with Crippen LogP contribution in [-0.2, 0) is 0 Å². The first kappa shape index (κ1) is 17.0. The van der Waals surface area contributed by atoms with Gasteiger partial charge in [-0.2, -0.15) is 0 Å². The van der Waals surface area contributed by atoms with Crippen LogP contribution in [0.3, 0.4) is 0 Å². The van der Waals surface area contributed by atoms with E-state index in [-0.39, 0.29) is 9.67 Å². The quantitative estimate of drug-likeness (QED) is 0.350. The van der Waals surface area contributed by atoms with Gasteiger partial charge in [-0.1, -0.05) is 25.0 Å². The van der Waals surface area contributed by atoms with Crippen molar-refractivity contribution in [3.8, 4) is 0 Å². The predicted molar refractivity (Wildman–Crippen MR) is 84.1 cm³/mol. The Morgan fingerprint density at radius 2 is 1.22 bits per heavy atom. The van der Waals surface area contributed by atoms with Crippen LogP contribution >= 0.6 is 46.4 Å². The third kappa shape index (κ3) is 5.49. The minimum absolute atomic E-state index is 0.194. The first-order chi connectivity index (χ1) is 8.64. The molecule has 0 aromatic rings. The van der Waals surface area contributed by atoms with Gasteiger partial charge in [0, 0.05) is 0 Å². The normalized spacial score (nSPS) is 31.1. The van der Waals surface area contributed by atoms with E-state index in [9.17, 15) is 0 Å². The molecular formula is C14H22Cl4. The summed E-state index contributed by atoms with van der Waals surface area (Å²) in [5.74, 6) is 1.30. The Hall–Kier alpha value is 0.900. The SMILES string of the molecule is C1=CCCCC1.ClC1(Cl)C2CCCCC21.ClCCl. The maximum Gasteiger partial charge on any atom is 0.124 e. The first-order valence-corrected chi connectivity index (χ1v) is 8.61. The molecule has 0 amide bonds. The maximum absolute atomic E-state index is 5.98. The number of halogens is 4. The van der Waals surface area contributed by atoms with Crippen LogP contribution < -0.4 is 0 Å². The largest absolute Gasteiger partial charge is 0.124 e. The van der Waals surface area contributed by atoms with Crippen molar-refractivity contribution in [2.75, 3.05) is 5.34 Å². The molecule has 2 unspecified atom stereocenters. The van der Waals surface area contributed by atoms with Crippen LogP contribution in [0.4, 0.5) is 0 Å². The third-order valence-electron chi connectivity index (χ3n) is 3.80. The maximum atomic E-state index is 5.98. The minimum Gasteiger partial charge on any atom is -0.109 e. The lowest BCUT2D eigenvalue weighted by Gasteiger charge is -2.03. The molecule has 0 saturated heterocycles. The Labute approximate surface area is 131 Å². The van der Waals surface area contributed by atoms with Crippen molar-refractivity contribution in [1.82, 2.24) is 0 Å². The lowest BCUT2D eigenvalue weighted by molar-refractivity contribution is 0.480. The molecule has 106 valence electrons. The fourth-order valence-corrected chi connectivity index (χ4v) is 3.66. The van der Waals surface area contributed by atoms with Gasteiger partial charge in [-0.15, -0.1) is 46.4 Å². The van der Waals surface area contributed by atoms with E-state index >= 15 is 0 Å². The fourth-order valence-electron chi connectivity index (χ4n) is 2.74. The molecule has 0 aromatic carbocycles. The van der Waals surface area contributed by atoms with E-state index in [2.05, 4.69) is 12.2 Å². The lowest BCUT2D eigenvalue weighted by atomic mass is 10.0. The van der Waals surface area contributed by atoms with Gasteiger partial charge in [-0.25, -0.2) is 0 Å². The Morgan fingerprint density at radius 3 is 1.44 bits per heavy atom. The number of hydrogen-bond donors (Lipinski definition) is 0. The monoisotopic (exact) mass is 330 g/mol. The van der Waals surface area contributed by atoms with E-state index in [0.717, 1.165) is 0 Å². The minimum atomic E-state index is -0.309. The van der Waals surface area contributed by atoms with Crippen LogP contribution in [0.25, 0.3) is 0 Å². The summed E-state index contributed by atoms with van der Waals surface area (Å²) in [6, 6.07) is 0. The highest BCUT2D eigenvalue weighted by molar-refractivity contribution is 6.51. The first-order valence-electron chi connectivity index (χ1n) is 6.79. The van der Waals surface area contributed by atoms with Crippen molar-refractivity contribution in [1.29, 1.82) is 0 Å². The summed E-state index contributed by atoms with van der Waals surface area (Å²) in [6.45, 7) is 0. The molecule has 0 N–H and O–H groups in total. The Morgan fingerprint density at radius 1 is 0.833 bits per heavy atom. The Balaban J connectivity index is 0.000000157. The van der Waals surface area contributed by atoms with Crippen LogP contribution in [0.5, 0.6) is 0 Å². The Bertz CT molecular complexity index is 228. The van der Waals surface area contributed by atoms with Crippen LogP contribution in [0.15, 0.2) is 12.2 Å².